The van der Waals surface area contributed by atoms with E-state index in [2.05, 4.69) is 15.2 Å². The van der Waals surface area contributed by atoms with E-state index in [9.17, 15) is 9.18 Å². The van der Waals surface area contributed by atoms with Gasteiger partial charge in [-0.3, -0.25) is 4.79 Å². The second kappa shape index (κ2) is 9.91. The molecule has 1 N–H and O–H groups in total. The summed E-state index contributed by atoms with van der Waals surface area (Å²) in [7, 11) is 3.19. The Morgan fingerprint density at radius 2 is 2.03 bits per heavy atom. The Labute approximate surface area is 206 Å². The normalized spacial score (nSPS) is 15.9. The molecule has 1 atom stereocenters. The van der Waals surface area contributed by atoms with Crippen LogP contribution in [0, 0.1) is 11.7 Å². The zero-order chi connectivity index (χ0) is 24.4. The molecule has 4 aromatic rings. The Balaban J connectivity index is 1.24. The number of halogens is 1. The molecule has 0 spiro atoms. The van der Waals surface area contributed by atoms with Crippen LogP contribution in [-0.2, 0) is 11.3 Å². The first-order valence-corrected chi connectivity index (χ1v) is 12.2. The second-order valence-electron chi connectivity index (χ2n) is 8.40. The van der Waals surface area contributed by atoms with Gasteiger partial charge in [0.1, 0.15) is 5.82 Å². The molecule has 5 rings (SSSR count). The lowest BCUT2D eigenvalue weighted by molar-refractivity contribution is -0.125. The molecule has 0 radical (unpaired) electrons. The first-order chi connectivity index (χ1) is 17.1. The summed E-state index contributed by atoms with van der Waals surface area (Å²) in [5, 5.41) is 8.59. The quantitative estimate of drug-likeness (QED) is 0.415. The number of carbonyl (C=O) groups excluding carboxylic acids is 1. The number of hydrogen-bond donors (Lipinski definition) is 1. The molecule has 35 heavy (non-hydrogen) atoms. The smallest absolute Gasteiger partial charge is 0.225 e. The van der Waals surface area contributed by atoms with E-state index in [1.165, 1.54) is 23.5 Å². The molecule has 10 heteroatoms. The van der Waals surface area contributed by atoms with Gasteiger partial charge in [-0.2, -0.15) is 0 Å². The third-order valence-electron chi connectivity index (χ3n) is 6.17. The largest absolute Gasteiger partial charge is 0.493 e. The number of fused-ring (bicyclic) bond motifs is 1. The second-order valence-corrected chi connectivity index (χ2v) is 9.33. The number of amides is 1. The van der Waals surface area contributed by atoms with E-state index in [1.54, 1.807) is 30.9 Å². The van der Waals surface area contributed by atoms with E-state index in [1.807, 2.05) is 24.4 Å². The summed E-state index contributed by atoms with van der Waals surface area (Å²) in [4.78, 5) is 20.5. The molecule has 0 aliphatic carbocycles. The van der Waals surface area contributed by atoms with Gasteiger partial charge in [0.05, 0.1) is 32.0 Å². The molecular formula is C25H26FN5O3S. The van der Waals surface area contributed by atoms with Crippen molar-refractivity contribution >= 4 is 27.3 Å². The third kappa shape index (κ3) is 4.79. The highest BCUT2D eigenvalue weighted by Gasteiger charge is 2.28. The number of hydrogen-bond acceptors (Lipinski definition) is 7. The number of nitrogens with one attached hydrogen (secondary N) is 1. The number of imidazole rings is 1. The van der Waals surface area contributed by atoms with Crippen molar-refractivity contribution in [1.82, 2.24) is 19.9 Å². The fourth-order valence-electron chi connectivity index (χ4n) is 4.36. The predicted octanol–water partition coefficient (Wildman–Crippen LogP) is 4.15. The minimum Gasteiger partial charge on any atom is -0.493 e. The van der Waals surface area contributed by atoms with Crippen LogP contribution in [0.4, 0.5) is 9.52 Å². The van der Waals surface area contributed by atoms with Gasteiger partial charge in [-0.25, -0.2) is 13.9 Å². The van der Waals surface area contributed by atoms with Gasteiger partial charge in [-0.1, -0.05) is 23.5 Å². The lowest BCUT2D eigenvalue weighted by atomic mass is 9.97. The maximum absolute atomic E-state index is 13.2. The SMILES string of the molecule is COc1cccc(CNC(=O)[C@@H]2CCCN(c3nn4cc(-c5ccc(F)cc5)nc4s3)C2)c1OC. The van der Waals surface area contributed by atoms with Gasteiger partial charge in [0, 0.05) is 30.8 Å². The maximum atomic E-state index is 13.2. The fourth-order valence-corrected chi connectivity index (χ4v) is 5.28. The molecule has 1 amide bonds. The molecule has 0 unspecified atom stereocenters. The number of para-hydroxylation sites is 1. The Bertz CT molecular complexity index is 1310. The van der Waals surface area contributed by atoms with Crippen LogP contribution in [0.15, 0.2) is 48.7 Å². The van der Waals surface area contributed by atoms with Gasteiger partial charge in [-0.05, 0) is 43.2 Å². The zero-order valence-corrected chi connectivity index (χ0v) is 20.3. The Morgan fingerprint density at radius 3 is 2.77 bits per heavy atom. The summed E-state index contributed by atoms with van der Waals surface area (Å²) in [5.74, 6) is 0.874. The molecule has 1 aliphatic heterocycles. The average Bonchev–Trinajstić information content (AvgIpc) is 3.47. The van der Waals surface area contributed by atoms with E-state index >= 15 is 0 Å². The van der Waals surface area contributed by atoms with E-state index in [4.69, 9.17) is 14.6 Å². The topological polar surface area (TPSA) is 81.0 Å². The molecule has 0 saturated carbocycles. The fraction of sp³-hybridized carbons (Fsp3) is 0.320. The molecule has 8 nitrogen and oxygen atoms in total. The zero-order valence-electron chi connectivity index (χ0n) is 19.5. The van der Waals surface area contributed by atoms with Gasteiger partial charge >= 0.3 is 0 Å². The summed E-state index contributed by atoms with van der Waals surface area (Å²) in [6.45, 7) is 1.81. The summed E-state index contributed by atoms with van der Waals surface area (Å²) < 4.78 is 25.8. The Morgan fingerprint density at radius 1 is 1.20 bits per heavy atom. The summed E-state index contributed by atoms with van der Waals surface area (Å²) in [5.41, 5.74) is 2.46. The molecule has 1 aliphatic rings. The molecule has 1 saturated heterocycles. The number of nitrogens with zero attached hydrogens (tertiary/aromatic N) is 4. The van der Waals surface area contributed by atoms with Crippen LogP contribution in [0.1, 0.15) is 18.4 Å². The van der Waals surface area contributed by atoms with E-state index in [-0.39, 0.29) is 17.6 Å². The van der Waals surface area contributed by atoms with Gasteiger partial charge in [0.25, 0.3) is 0 Å². The molecule has 2 aromatic carbocycles. The molecule has 3 heterocycles. The summed E-state index contributed by atoms with van der Waals surface area (Å²) in [6, 6.07) is 11.9. The first kappa shape index (κ1) is 23.1. The predicted molar refractivity (Wildman–Crippen MR) is 133 cm³/mol. The highest BCUT2D eigenvalue weighted by atomic mass is 32.1. The molecular weight excluding hydrogens is 469 g/mol. The van der Waals surface area contributed by atoms with Crippen molar-refractivity contribution in [3.63, 3.8) is 0 Å². The first-order valence-electron chi connectivity index (χ1n) is 11.4. The van der Waals surface area contributed by atoms with Crippen LogP contribution in [0.3, 0.4) is 0 Å². The lowest BCUT2D eigenvalue weighted by Gasteiger charge is -2.31. The van der Waals surface area contributed by atoms with Gasteiger partial charge < -0.3 is 19.7 Å². The minimum absolute atomic E-state index is 0.0134. The Kier molecular flexibility index (Phi) is 6.54. The van der Waals surface area contributed by atoms with Crippen molar-refractivity contribution in [2.45, 2.75) is 19.4 Å². The maximum Gasteiger partial charge on any atom is 0.225 e. The number of piperidine rings is 1. The summed E-state index contributed by atoms with van der Waals surface area (Å²) >= 11 is 1.49. The molecule has 0 bridgehead atoms. The van der Waals surface area contributed by atoms with Crippen LogP contribution in [-0.4, -0.2) is 47.8 Å². The van der Waals surface area contributed by atoms with Crippen LogP contribution in [0.2, 0.25) is 0 Å². The Hall–Kier alpha value is -3.66. The average molecular weight is 496 g/mol. The van der Waals surface area contributed by atoms with Crippen molar-refractivity contribution in [2.75, 3.05) is 32.2 Å². The number of anilines is 1. The van der Waals surface area contributed by atoms with Gasteiger partial charge in [0.15, 0.2) is 11.5 Å². The summed E-state index contributed by atoms with van der Waals surface area (Å²) in [6.07, 6.45) is 3.58. The van der Waals surface area contributed by atoms with E-state index < -0.39 is 0 Å². The van der Waals surface area contributed by atoms with Crippen molar-refractivity contribution in [3.8, 4) is 22.8 Å². The number of carbonyl (C=O) groups is 1. The van der Waals surface area contributed by atoms with Gasteiger partial charge in [-0.15, -0.1) is 5.10 Å². The molecule has 1 fully saturated rings. The minimum atomic E-state index is -0.276. The molecule has 182 valence electrons. The number of rotatable bonds is 7. The van der Waals surface area contributed by atoms with Crippen LogP contribution in [0.5, 0.6) is 11.5 Å². The standard InChI is InChI=1S/C25H26FN5O3S/c1-33-21-7-3-5-17(22(21)34-2)13-27-23(32)18-6-4-12-30(14-18)25-29-31-15-20(28-24(31)35-25)16-8-10-19(26)11-9-16/h3,5,7-11,15,18H,4,6,12-14H2,1-2H3,(H,27,32)/t18-/m1/s1. The lowest BCUT2D eigenvalue weighted by Crippen LogP contribution is -2.43. The number of benzene rings is 2. The van der Waals surface area contributed by atoms with Crippen LogP contribution in [0.25, 0.3) is 16.2 Å². The van der Waals surface area contributed by atoms with Crippen LogP contribution >= 0.6 is 11.3 Å². The van der Waals surface area contributed by atoms with Crippen LogP contribution < -0.4 is 19.7 Å². The highest BCUT2D eigenvalue weighted by molar-refractivity contribution is 7.20. The molecule has 2 aromatic heterocycles. The van der Waals surface area contributed by atoms with Crippen molar-refractivity contribution < 1.29 is 18.7 Å². The van der Waals surface area contributed by atoms with Crippen molar-refractivity contribution in [3.05, 3.63) is 60.0 Å². The van der Waals surface area contributed by atoms with Gasteiger partial charge in [0.2, 0.25) is 16.0 Å². The third-order valence-corrected chi connectivity index (χ3v) is 7.16. The monoisotopic (exact) mass is 495 g/mol. The van der Waals surface area contributed by atoms with E-state index in [0.717, 1.165) is 46.3 Å². The number of methoxy groups -OCH3 is 2. The van der Waals surface area contributed by atoms with Crippen molar-refractivity contribution in [2.24, 2.45) is 5.92 Å². The van der Waals surface area contributed by atoms with E-state index in [0.29, 0.717) is 24.6 Å². The van der Waals surface area contributed by atoms with Crippen molar-refractivity contribution in [1.29, 1.82) is 0 Å². The number of aromatic nitrogens is 3. The highest BCUT2D eigenvalue weighted by Crippen LogP contribution is 2.32. The number of ether oxygens (including phenoxy) is 2.